The van der Waals surface area contributed by atoms with Crippen LogP contribution in [0.25, 0.3) is 0 Å². The molecule has 1 fully saturated rings. The number of hydrogen-bond donors (Lipinski definition) is 3. The quantitative estimate of drug-likeness (QED) is 0.474. The average molecular weight is 452 g/mol. The minimum absolute atomic E-state index is 0.246. The van der Waals surface area contributed by atoms with Crippen LogP contribution in [-0.4, -0.2) is 51.1 Å². The highest BCUT2D eigenvalue weighted by Gasteiger charge is 2.24. The largest absolute Gasteiger partial charge is 0.495 e. The van der Waals surface area contributed by atoms with E-state index in [-0.39, 0.29) is 12.1 Å². The molecule has 0 saturated carbocycles. The monoisotopic (exact) mass is 451 g/mol. The van der Waals surface area contributed by atoms with Gasteiger partial charge in [0.25, 0.3) is 0 Å². The van der Waals surface area contributed by atoms with Crippen molar-refractivity contribution < 1.29 is 9.53 Å². The van der Waals surface area contributed by atoms with Crippen LogP contribution < -0.4 is 15.4 Å². The van der Waals surface area contributed by atoms with Crippen LogP contribution in [0, 0.1) is 5.92 Å². The molecule has 9 heteroatoms. The summed E-state index contributed by atoms with van der Waals surface area (Å²) in [5.74, 6) is 1.90. The van der Waals surface area contributed by atoms with Gasteiger partial charge in [0.2, 0.25) is 0 Å². The van der Waals surface area contributed by atoms with Gasteiger partial charge in [-0.1, -0.05) is 26.0 Å². The minimum Gasteiger partial charge on any atom is -0.495 e. The van der Waals surface area contributed by atoms with Gasteiger partial charge in [-0.25, -0.2) is 9.48 Å². The molecule has 1 aliphatic rings. The van der Waals surface area contributed by atoms with Gasteiger partial charge in [0, 0.05) is 31.4 Å². The van der Waals surface area contributed by atoms with Crippen molar-refractivity contribution in [1.82, 2.24) is 24.9 Å². The predicted molar refractivity (Wildman–Crippen MR) is 129 cm³/mol. The first kappa shape index (κ1) is 22.8. The van der Waals surface area contributed by atoms with E-state index >= 15 is 0 Å². The Balaban J connectivity index is 1.30. The first-order valence-electron chi connectivity index (χ1n) is 11.5. The van der Waals surface area contributed by atoms with E-state index in [1.54, 1.807) is 19.4 Å². The van der Waals surface area contributed by atoms with Gasteiger partial charge in [-0.15, -0.1) is 0 Å². The molecule has 0 unspecified atom stereocenters. The van der Waals surface area contributed by atoms with E-state index in [2.05, 4.69) is 50.7 Å². The topological polar surface area (TPSA) is 100 Å². The molecule has 3 aromatic rings. The summed E-state index contributed by atoms with van der Waals surface area (Å²) in [5, 5.41) is 17.9. The van der Waals surface area contributed by atoms with Crippen molar-refractivity contribution in [3.05, 3.63) is 54.0 Å². The summed E-state index contributed by atoms with van der Waals surface area (Å²) >= 11 is 0. The number of rotatable bonds is 8. The van der Waals surface area contributed by atoms with Gasteiger partial charge in [0.1, 0.15) is 11.6 Å². The Hall–Kier alpha value is -3.33. The fourth-order valence-electron chi connectivity index (χ4n) is 4.30. The molecule has 33 heavy (non-hydrogen) atoms. The van der Waals surface area contributed by atoms with Crippen molar-refractivity contribution >= 4 is 17.5 Å². The Kier molecular flexibility index (Phi) is 7.29. The van der Waals surface area contributed by atoms with E-state index in [0.717, 1.165) is 44.6 Å². The number of aromatic nitrogens is 4. The molecule has 0 spiro atoms. The number of anilines is 2. The van der Waals surface area contributed by atoms with E-state index in [0.29, 0.717) is 23.2 Å². The number of likely N-dealkylation sites (tertiary alicyclic amines) is 1. The lowest BCUT2D eigenvalue weighted by Gasteiger charge is -2.32. The second kappa shape index (κ2) is 10.5. The molecule has 2 amide bonds. The zero-order chi connectivity index (χ0) is 23.2. The Bertz CT molecular complexity index is 1050. The molecule has 3 heterocycles. The van der Waals surface area contributed by atoms with Crippen molar-refractivity contribution in [3.63, 3.8) is 0 Å². The molecular formula is C24H33N7O2. The van der Waals surface area contributed by atoms with Crippen LogP contribution in [0.1, 0.15) is 44.1 Å². The maximum atomic E-state index is 12.6. The number of ether oxygens (including phenoxy) is 1. The minimum atomic E-state index is -0.324. The zero-order valence-corrected chi connectivity index (χ0v) is 19.5. The Morgan fingerprint density at radius 1 is 1.21 bits per heavy atom. The first-order chi connectivity index (χ1) is 16.0. The van der Waals surface area contributed by atoms with Crippen LogP contribution >= 0.6 is 0 Å². The van der Waals surface area contributed by atoms with E-state index < -0.39 is 0 Å². The number of hydrogen-bond acceptors (Lipinski definition) is 5. The maximum absolute atomic E-state index is 12.6. The van der Waals surface area contributed by atoms with E-state index in [9.17, 15) is 4.79 Å². The fourth-order valence-corrected chi connectivity index (χ4v) is 4.30. The van der Waals surface area contributed by atoms with Gasteiger partial charge in [-0.05, 0) is 43.4 Å². The van der Waals surface area contributed by atoms with Crippen LogP contribution in [0.3, 0.4) is 0 Å². The smallest absolute Gasteiger partial charge is 0.324 e. The lowest BCUT2D eigenvalue weighted by atomic mass is 10.0. The summed E-state index contributed by atoms with van der Waals surface area (Å²) in [5.41, 5.74) is 2.92. The molecule has 0 atom stereocenters. The molecule has 0 radical (unpaired) electrons. The summed E-state index contributed by atoms with van der Waals surface area (Å²) in [6, 6.07) is 11.3. The van der Waals surface area contributed by atoms with Gasteiger partial charge in [-0.3, -0.25) is 15.3 Å². The summed E-state index contributed by atoms with van der Waals surface area (Å²) in [6.45, 7) is 7.23. The third-order valence-corrected chi connectivity index (χ3v) is 5.87. The first-order valence-corrected chi connectivity index (χ1v) is 11.5. The third-order valence-electron chi connectivity index (χ3n) is 5.87. The summed E-state index contributed by atoms with van der Waals surface area (Å²) < 4.78 is 7.23. The summed E-state index contributed by atoms with van der Waals surface area (Å²) in [6.07, 6.45) is 4.67. The van der Waals surface area contributed by atoms with Crippen molar-refractivity contribution in [2.24, 2.45) is 5.92 Å². The number of carbonyl (C=O) groups excluding carboxylic acids is 1. The predicted octanol–water partition coefficient (Wildman–Crippen LogP) is 4.29. The number of methoxy groups -OCH3 is 1. The Morgan fingerprint density at radius 3 is 2.76 bits per heavy atom. The second-order valence-electron chi connectivity index (χ2n) is 8.93. The highest BCUT2D eigenvalue weighted by Crippen LogP contribution is 2.27. The van der Waals surface area contributed by atoms with Crippen molar-refractivity contribution in [1.29, 1.82) is 0 Å². The van der Waals surface area contributed by atoms with Crippen LogP contribution in [-0.2, 0) is 13.0 Å². The van der Waals surface area contributed by atoms with E-state index in [4.69, 9.17) is 4.74 Å². The zero-order valence-electron chi connectivity index (χ0n) is 19.5. The lowest BCUT2D eigenvalue weighted by Crippen LogP contribution is -2.35. The number of para-hydroxylation sites is 2. The molecule has 1 aliphatic heterocycles. The number of H-pyrrole nitrogens is 1. The van der Waals surface area contributed by atoms with Crippen molar-refractivity contribution in [3.8, 4) is 5.75 Å². The highest BCUT2D eigenvalue weighted by molar-refractivity contribution is 6.00. The average Bonchev–Trinajstić information content (AvgIpc) is 3.43. The third kappa shape index (κ3) is 5.92. The number of amides is 2. The molecule has 0 aliphatic carbocycles. The number of nitrogens with zero attached hydrogens (tertiary/aromatic N) is 4. The molecular weight excluding hydrogens is 418 g/mol. The Morgan fingerprint density at radius 2 is 2.00 bits per heavy atom. The Labute approximate surface area is 194 Å². The SMILES string of the molecule is COc1ccccc1NC(=O)Nc1ccnn1C1CCN(Cc2cc(CC(C)C)n[nH]2)CC1. The maximum Gasteiger partial charge on any atom is 0.324 e. The summed E-state index contributed by atoms with van der Waals surface area (Å²) in [4.78, 5) is 15.0. The standard InChI is InChI=1S/C24H33N7O2/c1-17(2)14-18-15-19(29-28-18)16-30-12-9-20(10-13-30)31-23(8-11-25-31)27-24(32)26-21-6-4-5-7-22(21)33-3/h4-8,11,15,17,20H,9-10,12-14,16H2,1-3H3,(H,28,29)(H2,26,27,32). The normalized spacial score (nSPS) is 15.0. The van der Waals surface area contributed by atoms with Crippen LogP contribution in [0.5, 0.6) is 5.75 Å². The second-order valence-corrected chi connectivity index (χ2v) is 8.93. The van der Waals surface area contributed by atoms with Gasteiger partial charge >= 0.3 is 6.03 Å². The fraction of sp³-hybridized carbons (Fsp3) is 0.458. The molecule has 1 aromatic carbocycles. The molecule has 3 N–H and O–H groups in total. The van der Waals surface area contributed by atoms with Crippen LogP contribution in [0.2, 0.25) is 0 Å². The number of piperidine rings is 1. The molecule has 176 valence electrons. The van der Waals surface area contributed by atoms with E-state index in [1.807, 2.05) is 28.9 Å². The van der Waals surface area contributed by atoms with Gasteiger partial charge in [0.15, 0.2) is 0 Å². The van der Waals surface area contributed by atoms with Crippen LogP contribution in [0.4, 0.5) is 16.3 Å². The van der Waals surface area contributed by atoms with Gasteiger partial charge in [0.05, 0.1) is 30.7 Å². The molecule has 0 bridgehead atoms. The van der Waals surface area contributed by atoms with Crippen LogP contribution in [0.15, 0.2) is 42.6 Å². The van der Waals surface area contributed by atoms with Gasteiger partial charge < -0.3 is 10.1 Å². The highest BCUT2D eigenvalue weighted by atomic mass is 16.5. The number of urea groups is 1. The molecule has 9 nitrogen and oxygen atoms in total. The van der Waals surface area contributed by atoms with E-state index in [1.165, 1.54) is 5.69 Å². The number of carbonyl (C=O) groups is 1. The molecule has 4 rings (SSSR count). The lowest BCUT2D eigenvalue weighted by molar-refractivity contribution is 0.172. The molecule has 2 aromatic heterocycles. The number of nitrogens with one attached hydrogen (secondary N) is 3. The van der Waals surface area contributed by atoms with Gasteiger partial charge in [-0.2, -0.15) is 10.2 Å². The van der Waals surface area contributed by atoms with Crippen molar-refractivity contribution in [2.75, 3.05) is 30.8 Å². The van der Waals surface area contributed by atoms with Crippen molar-refractivity contribution in [2.45, 2.75) is 45.7 Å². The number of benzene rings is 1. The molecule has 1 saturated heterocycles. The number of aromatic amines is 1. The summed E-state index contributed by atoms with van der Waals surface area (Å²) in [7, 11) is 1.58.